The summed E-state index contributed by atoms with van der Waals surface area (Å²) in [6.07, 6.45) is 1.06. The van der Waals surface area contributed by atoms with Crippen LogP contribution >= 0.6 is 0 Å². The minimum absolute atomic E-state index is 0.172. The molecule has 4 heteroatoms. The Morgan fingerprint density at radius 1 is 1.62 bits per heavy atom. The molecule has 76 valence electrons. The summed E-state index contributed by atoms with van der Waals surface area (Å²) in [6.45, 7) is 4.07. The van der Waals surface area contributed by atoms with Crippen LogP contribution in [0.25, 0.3) is 0 Å². The maximum absolute atomic E-state index is 10.8. The molecular formula is C9H16O4. The van der Waals surface area contributed by atoms with Crippen LogP contribution in [0.2, 0.25) is 0 Å². The normalized spacial score (nSPS) is 40.2. The van der Waals surface area contributed by atoms with Crippen LogP contribution in [0.1, 0.15) is 33.1 Å². The molecule has 1 aliphatic rings. The fourth-order valence-electron chi connectivity index (χ4n) is 1.63. The molecule has 0 spiro atoms. The van der Waals surface area contributed by atoms with Crippen LogP contribution in [-0.4, -0.2) is 34.0 Å². The molecular weight excluding hydrogens is 172 g/mol. The number of carbonyl (C=O) groups is 1. The van der Waals surface area contributed by atoms with Crippen molar-refractivity contribution in [2.75, 3.05) is 6.61 Å². The Morgan fingerprint density at radius 2 is 2.23 bits per heavy atom. The van der Waals surface area contributed by atoms with Gasteiger partial charge in [0, 0.05) is 12.8 Å². The van der Waals surface area contributed by atoms with Gasteiger partial charge in [0.05, 0.1) is 12.2 Å². The first-order chi connectivity index (χ1) is 5.92. The third-order valence-corrected chi connectivity index (χ3v) is 2.78. The van der Waals surface area contributed by atoms with Crippen LogP contribution in [0.3, 0.4) is 0 Å². The number of hydrogen-bond donors (Lipinski definition) is 2. The summed E-state index contributed by atoms with van der Waals surface area (Å²) in [5.74, 6) is -1.14. The van der Waals surface area contributed by atoms with Gasteiger partial charge in [-0.3, -0.25) is 0 Å². The predicted octanol–water partition coefficient (Wildman–Crippen LogP) is 0.781. The van der Waals surface area contributed by atoms with Crippen molar-refractivity contribution in [3.05, 3.63) is 0 Å². The second-order valence-electron chi connectivity index (χ2n) is 3.92. The molecule has 0 aromatic heterocycles. The smallest absolute Gasteiger partial charge is 0.335 e. The number of aliphatic hydroxyl groups is 1. The Balaban J connectivity index is 2.76. The number of ether oxygens (including phenoxy) is 1. The number of carboxylic acids is 1. The highest BCUT2D eigenvalue weighted by Crippen LogP contribution is 2.34. The number of aliphatic carboxylic acids is 1. The quantitative estimate of drug-likeness (QED) is 0.672. The monoisotopic (exact) mass is 188 g/mol. The van der Waals surface area contributed by atoms with Gasteiger partial charge in [-0.2, -0.15) is 0 Å². The van der Waals surface area contributed by atoms with Crippen molar-refractivity contribution in [2.24, 2.45) is 0 Å². The van der Waals surface area contributed by atoms with Gasteiger partial charge in [-0.15, -0.1) is 0 Å². The second kappa shape index (κ2) is 3.27. The summed E-state index contributed by atoms with van der Waals surface area (Å²) >= 11 is 0. The molecule has 0 radical (unpaired) electrons. The number of rotatable bonds is 2. The van der Waals surface area contributed by atoms with E-state index in [0.29, 0.717) is 13.0 Å². The molecule has 1 fully saturated rings. The standard InChI is InChI=1S/C9H16O4/c1-3-8(2)6-9(12,7(10)11)4-5-13-8/h12H,3-6H2,1-2H3,(H,10,11). The van der Waals surface area contributed by atoms with Gasteiger partial charge in [0.1, 0.15) is 0 Å². The maximum Gasteiger partial charge on any atom is 0.335 e. The third-order valence-electron chi connectivity index (χ3n) is 2.78. The Kier molecular flexibility index (Phi) is 2.63. The van der Waals surface area contributed by atoms with E-state index in [-0.39, 0.29) is 12.8 Å². The third kappa shape index (κ3) is 2.00. The largest absolute Gasteiger partial charge is 0.479 e. The highest BCUT2D eigenvalue weighted by atomic mass is 16.5. The molecule has 13 heavy (non-hydrogen) atoms. The van der Waals surface area contributed by atoms with Gasteiger partial charge in [-0.05, 0) is 13.3 Å². The minimum Gasteiger partial charge on any atom is -0.479 e. The molecule has 1 rings (SSSR count). The molecule has 0 aromatic carbocycles. The van der Waals surface area contributed by atoms with Crippen molar-refractivity contribution in [1.29, 1.82) is 0 Å². The molecule has 0 saturated carbocycles. The second-order valence-corrected chi connectivity index (χ2v) is 3.92. The zero-order valence-corrected chi connectivity index (χ0v) is 8.04. The minimum atomic E-state index is -1.59. The summed E-state index contributed by atoms with van der Waals surface area (Å²) in [4.78, 5) is 10.8. The molecule has 4 nitrogen and oxygen atoms in total. The lowest BCUT2D eigenvalue weighted by Gasteiger charge is -2.40. The molecule has 2 N–H and O–H groups in total. The molecule has 2 atom stereocenters. The summed E-state index contributed by atoms with van der Waals surface area (Å²) in [6, 6.07) is 0. The van der Waals surface area contributed by atoms with Gasteiger partial charge < -0.3 is 14.9 Å². The molecule has 0 bridgehead atoms. The van der Waals surface area contributed by atoms with Gasteiger partial charge in [0.2, 0.25) is 0 Å². The lowest BCUT2D eigenvalue weighted by Crippen LogP contribution is -2.51. The molecule has 0 amide bonds. The SMILES string of the molecule is CCC1(C)CC(O)(C(=O)O)CCO1. The fraction of sp³-hybridized carbons (Fsp3) is 0.889. The average molecular weight is 188 g/mol. The van der Waals surface area contributed by atoms with Crippen molar-refractivity contribution in [3.63, 3.8) is 0 Å². The lowest BCUT2D eigenvalue weighted by molar-refractivity contribution is -0.188. The summed E-state index contributed by atoms with van der Waals surface area (Å²) < 4.78 is 5.44. The van der Waals surface area contributed by atoms with Crippen molar-refractivity contribution in [2.45, 2.75) is 44.3 Å². The topological polar surface area (TPSA) is 66.8 Å². The van der Waals surface area contributed by atoms with E-state index in [9.17, 15) is 9.90 Å². The summed E-state index contributed by atoms with van der Waals surface area (Å²) in [5.41, 5.74) is -2.09. The first-order valence-corrected chi connectivity index (χ1v) is 4.52. The van der Waals surface area contributed by atoms with Gasteiger partial charge >= 0.3 is 5.97 Å². The highest BCUT2D eigenvalue weighted by molar-refractivity contribution is 5.77. The van der Waals surface area contributed by atoms with E-state index in [4.69, 9.17) is 9.84 Å². The van der Waals surface area contributed by atoms with Crippen LogP contribution in [0.15, 0.2) is 0 Å². The molecule has 1 aliphatic heterocycles. The average Bonchev–Trinajstić information content (AvgIpc) is 2.04. The molecule has 1 heterocycles. The molecule has 0 aliphatic carbocycles. The first kappa shape index (κ1) is 10.5. The van der Waals surface area contributed by atoms with Crippen LogP contribution in [0.5, 0.6) is 0 Å². The van der Waals surface area contributed by atoms with Crippen molar-refractivity contribution in [3.8, 4) is 0 Å². The Hall–Kier alpha value is -0.610. The van der Waals surface area contributed by atoms with E-state index in [1.165, 1.54) is 0 Å². The zero-order chi connectivity index (χ0) is 10.1. The van der Waals surface area contributed by atoms with E-state index in [2.05, 4.69) is 0 Å². The van der Waals surface area contributed by atoms with E-state index in [1.54, 1.807) is 0 Å². The van der Waals surface area contributed by atoms with Gasteiger partial charge in [0.25, 0.3) is 0 Å². The Labute approximate surface area is 77.5 Å². The Bertz CT molecular complexity index is 216. The summed E-state index contributed by atoms with van der Waals surface area (Å²) in [5, 5.41) is 18.6. The molecule has 0 aromatic rings. The Morgan fingerprint density at radius 3 is 2.69 bits per heavy atom. The van der Waals surface area contributed by atoms with Gasteiger partial charge in [0.15, 0.2) is 5.60 Å². The number of hydrogen-bond acceptors (Lipinski definition) is 3. The predicted molar refractivity (Wildman–Crippen MR) is 46.5 cm³/mol. The zero-order valence-electron chi connectivity index (χ0n) is 8.04. The van der Waals surface area contributed by atoms with Crippen molar-refractivity contribution >= 4 is 5.97 Å². The van der Waals surface area contributed by atoms with E-state index in [0.717, 1.165) is 0 Å². The van der Waals surface area contributed by atoms with Crippen LogP contribution in [0, 0.1) is 0 Å². The lowest BCUT2D eigenvalue weighted by atomic mass is 9.82. The maximum atomic E-state index is 10.8. The highest BCUT2D eigenvalue weighted by Gasteiger charge is 2.46. The molecule has 2 unspecified atom stereocenters. The van der Waals surface area contributed by atoms with E-state index in [1.807, 2.05) is 13.8 Å². The van der Waals surface area contributed by atoms with Crippen molar-refractivity contribution < 1.29 is 19.7 Å². The summed E-state index contributed by atoms with van der Waals surface area (Å²) in [7, 11) is 0. The van der Waals surface area contributed by atoms with Crippen LogP contribution in [-0.2, 0) is 9.53 Å². The van der Waals surface area contributed by atoms with Crippen LogP contribution < -0.4 is 0 Å². The van der Waals surface area contributed by atoms with E-state index >= 15 is 0 Å². The van der Waals surface area contributed by atoms with Gasteiger partial charge in [-0.1, -0.05) is 6.92 Å². The van der Waals surface area contributed by atoms with Crippen LogP contribution in [0.4, 0.5) is 0 Å². The first-order valence-electron chi connectivity index (χ1n) is 4.52. The number of carboxylic acid groups (broad SMARTS) is 1. The van der Waals surface area contributed by atoms with E-state index < -0.39 is 17.2 Å². The fourth-order valence-corrected chi connectivity index (χ4v) is 1.63. The molecule has 1 saturated heterocycles. The van der Waals surface area contributed by atoms with Crippen molar-refractivity contribution in [1.82, 2.24) is 0 Å². The van der Waals surface area contributed by atoms with Gasteiger partial charge in [-0.25, -0.2) is 4.79 Å².